The van der Waals surface area contributed by atoms with Crippen molar-refractivity contribution in [3.8, 4) is 0 Å². The molecule has 2 rings (SSSR count). The SMILES string of the molecule is CN(C[C@H]1COC(N)=N1)c1ccc(C(F)(F)F)cc1. The maximum atomic E-state index is 12.4. The first-order valence-corrected chi connectivity index (χ1v) is 5.71. The Labute approximate surface area is 108 Å². The van der Waals surface area contributed by atoms with Crippen LogP contribution in [0.2, 0.25) is 0 Å². The van der Waals surface area contributed by atoms with Crippen LogP contribution >= 0.6 is 0 Å². The van der Waals surface area contributed by atoms with Crippen molar-refractivity contribution in [3.05, 3.63) is 29.8 Å². The molecule has 0 unspecified atom stereocenters. The summed E-state index contributed by atoms with van der Waals surface area (Å²) in [6, 6.07) is 5.07. The van der Waals surface area contributed by atoms with Gasteiger partial charge in [-0.15, -0.1) is 0 Å². The molecular weight excluding hydrogens is 259 g/mol. The number of alkyl halides is 3. The molecule has 7 heteroatoms. The largest absolute Gasteiger partial charge is 0.463 e. The molecule has 4 nitrogen and oxygen atoms in total. The summed E-state index contributed by atoms with van der Waals surface area (Å²) in [6.07, 6.45) is -4.31. The third-order valence-corrected chi connectivity index (χ3v) is 2.85. The van der Waals surface area contributed by atoms with Crippen molar-refractivity contribution in [1.82, 2.24) is 0 Å². The molecule has 0 aliphatic carbocycles. The van der Waals surface area contributed by atoms with Crippen LogP contribution in [0.25, 0.3) is 0 Å². The lowest BCUT2D eigenvalue weighted by Crippen LogP contribution is -2.28. The monoisotopic (exact) mass is 273 g/mol. The summed E-state index contributed by atoms with van der Waals surface area (Å²) in [7, 11) is 1.78. The maximum absolute atomic E-state index is 12.4. The molecule has 0 spiro atoms. The van der Waals surface area contributed by atoms with E-state index in [0.717, 1.165) is 12.1 Å². The molecule has 104 valence electrons. The average Bonchev–Trinajstić information content (AvgIpc) is 2.74. The number of nitrogens with zero attached hydrogens (tertiary/aromatic N) is 2. The van der Waals surface area contributed by atoms with Crippen molar-refractivity contribution in [2.75, 3.05) is 25.1 Å². The summed E-state index contributed by atoms with van der Waals surface area (Å²) in [4.78, 5) is 5.88. The Hall–Kier alpha value is -1.92. The number of anilines is 1. The molecule has 0 saturated heterocycles. The highest BCUT2D eigenvalue weighted by molar-refractivity contribution is 5.73. The Morgan fingerprint density at radius 2 is 2.00 bits per heavy atom. The van der Waals surface area contributed by atoms with E-state index in [-0.39, 0.29) is 12.1 Å². The summed E-state index contributed by atoms with van der Waals surface area (Å²) in [6.45, 7) is 0.933. The molecule has 1 heterocycles. The van der Waals surface area contributed by atoms with Gasteiger partial charge >= 0.3 is 6.18 Å². The highest BCUT2D eigenvalue weighted by Crippen LogP contribution is 2.30. The fraction of sp³-hybridized carbons (Fsp3) is 0.417. The molecule has 2 N–H and O–H groups in total. The highest BCUT2D eigenvalue weighted by atomic mass is 19.4. The molecular formula is C12H14F3N3O. The van der Waals surface area contributed by atoms with E-state index in [4.69, 9.17) is 10.5 Å². The minimum absolute atomic E-state index is 0.0905. The zero-order valence-corrected chi connectivity index (χ0v) is 10.3. The van der Waals surface area contributed by atoms with E-state index in [1.165, 1.54) is 12.1 Å². The number of likely N-dealkylation sites (N-methyl/N-ethyl adjacent to an activating group) is 1. The fourth-order valence-corrected chi connectivity index (χ4v) is 1.86. The van der Waals surface area contributed by atoms with Crippen LogP contribution in [0, 0.1) is 0 Å². The van der Waals surface area contributed by atoms with E-state index in [0.29, 0.717) is 18.8 Å². The van der Waals surface area contributed by atoms with Gasteiger partial charge in [0.05, 0.1) is 5.56 Å². The molecule has 1 aliphatic rings. The minimum atomic E-state index is -4.31. The van der Waals surface area contributed by atoms with E-state index in [1.807, 2.05) is 4.90 Å². The molecule has 0 fully saturated rings. The van der Waals surface area contributed by atoms with Crippen molar-refractivity contribution in [1.29, 1.82) is 0 Å². The molecule has 0 amide bonds. The van der Waals surface area contributed by atoms with Gasteiger partial charge in [0.15, 0.2) is 0 Å². The molecule has 1 atom stereocenters. The fourth-order valence-electron chi connectivity index (χ4n) is 1.86. The van der Waals surface area contributed by atoms with Gasteiger partial charge in [-0.1, -0.05) is 0 Å². The number of hydrogen-bond donors (Lipinski definition) is 1. The second-order valence-corrected chi connectivity index (χ2v) is 4.36. The summed E-state index contributed by atoms with van der Waals surface area (Å²) in [5.74, 6) is 0. The number of nitrogens with two attached hydrogens (primary N) is 1. The van der Waals surface area contributed by atoms with Crippen molar-refractivity contribution in [3.63, 3.8) is 0 Å². The quantitative estimate of drug-likeness (QED) is 0.914. The van der Waals surface area contributed by atoms with Crippen LogP contribution in [0.3, 0.4) is 0 Å². The number of ether oxygens (including phenoxy) is 1. The van der Waals surface area contributed by atoms with Gasteiger partial charge in [-0.05, 0) is 24.3 Å². The normalized spacial score (nSPS) is 18.9. The van der Waals surface area contributed by atoms with Crippen LogP contribution in [0.4, 0.5) is 18.9 Å². The van der Waals surface area contributed by atoms with Crippen LogP contribution in [0.1, 0.15) is 5.56 Å². The predicted octanol–water partition coefficient (Wildman–Crippen LogP) is 1.86. The van der Waals surface area contributed by atoms with Crippen LogP contribution in [-0.4, -0.2) is 32.3 Å². The predicted molar refractivity (Wildman–Crippen MR) is 66.1 cm³/mol. The van der Waals surface area contributed by atoms with Gasteiger partial charge in [0, 0.05) is 19.3 Å². The lowest BCUT2D eigenvalue weighted by Gasteiger charge is -2.21. The third-order valence-electron chi connectivity index (χ3n) is 2.85. The number of amidine groups is 1. The zero-order valence-electron chi connectivity index (χ0n) is 10.3. The van der Waals surface area contributed by atoms with Crippen LogP contribution in [0.15, 0.2) is 29.3 Å². The summed E-state index contributed by atoms with van der Waals surface area (Å²) in [5, 5.41) is 0. The van der Waals surface area contributed by atoms with Crippen molar-refractivity contribution >= 4 is 11.7 Å². The summed E-state index contributed by atoms with van der Waals surface area (Å²) in [5.41, 5.74) is 5.42. The summed E-state index contributed by atoms with van der Waals surface area (Å²) < 4.78 is 42.3. The van der Waals surface area contributed by atoms with E-state index in [2.05, 4.69) is 4.99 Å². The van der Waals surface area contributed by atoms with Gasteiger partial charge in [0.25, 0.3) is 6.02 Å². The van der Waals surface area contributed by atoms with E-state index >= 15 is 0 Å². The molecule has 0 saturated carbocycles. The number of aliphatic imine (C=N–C) groups is 1. The molecule has 1 aromatic carbocycles. The number of halogens is 3. The van der Waals surface area contributed by atoms with Gasteiger partial charge < -0.3 is 15.4 Å². The van der Waals surface area contributed by atoms with Crippen LogP contribution in [0.5, 0.6) is 0 Å². The average molecular weight is 273 g/mol. The minimum Gasteiger partial charge on any atom is -0.463 e. The van der Waals surface area contributed by atoms with E-state index < -0.39 is 11.7 Å². The number of rotatable bonds is 3. The zero-order chi connectivity index (χ0) is 14.0. The second kappa shape index (κ2) is 4.99. The Morgan fingerprint density at radius 3 is 2.47 bits per heavy atom. The first kappa shape index (κ1) is 13.5. The number of benzene rings is 1. The molecule has 0 radical (unpaired) electrons. The topological polar surface area (TPSA) is 50.9 Å². The Balaban J connectivity index is 2.02. The first-order valence-electron chi connectivity index (χ1n) is 5.71. The Kier molecular flexibility index (Phi) is 3.55. The van der Waals surface area contributed by atoms with Gasteiger partial charge in [-0.25, -0.2) is 4.99 Å². The molecule has 19 heavy (non-hydrogen) atoms. The van der Waals surface area contributed by atoms with E-state index in [9.17, 15) is 13.2 Å². The molecule has 0 bridgehead atoms. The Bertz CT molecular complexity index is 470. The van der Waals surface area contributed by atoms with Gasteiger partial charge in [-0.3, -0.25) is 0 Å². The first-order chi connectivity index (χ1) is 8.86. The third kappa shape index (κ3) is 3.30. The summed E-state index contributed by atoms with van der Waals surface area (Å²) >= 11 is 0. The van der Waals surface area contributed by atoms with Gasteiger partial charge in [0.1, 0.15) is 12.6 Å². The highest BCUT2D eigenvalue weighted by Gasteiger charge is 2.30. The second-order valence-electron chi connectivity index (χ2n) is 4.36. The van der Waals surface area contributed by atoms with Crippen molar-refractivity contribution in [2.45, 2.75) is 12.2 Å². The van der Waals surface area contributed by atoms with Crippen molar-refractivity contribution < 1.29 is 17.9 Å². The molecule has 1 aliphatic heterocycles. The van der Waals surface area contributed by atoms with Crippen molar-refractivity contribution in [2.24, 2.45) is 10.7 Å². The lowest BCUT2D eigenvalue weighted by molar-refractivity contribution is -0.137. The van der Waals surface area contributed by atoms with Gasteiger partial charge in [-0.2, -0.15) is 13.2 Å². The Morgan fingerprint density at radius 1 is 1.37 bits per heavy atom. The lowest BCUT2D eigenvalue weighted by atomic mass is 10.2. The molecule has 1 aromatic rings. The van der Waals surface area contributed by atoms with Gasteiger partial charge in [0.2, 0.25) is 0 Å². The van der Waals surface area contributed by atoms with Crippen LogP contribution in [-0.2, 0) is 10.9 Å². The smallest absolute Gasteiger partial charge is 0.416 e. The maximum Gasteiger partial charge on any atom is 0.416 e. The molecule has 0 aromatic heterocycles. The standard InChI is InChI=1S/C12H14F3N3O/c1-18(6-9-7-19-11(16)17-9)10-4-2-8(3-5-10)12(13,14)15/h2-5,9H,6-7H2,1H3,(H2,16,17)/t9-/m0/s1. The van der Waals surface area contributed by atoms with Crippen LogP contribution < -0.4 is 10.6 Å². The number of hydrogen-bond acceptors (Lipinski definition) is 4. The van der Waals surface area contributed by atoms with E-state index in [1.54, 1.807) is 7.05 Å².